The molecule has 32 heavy (non-hydrogen) atoms. The summed E-state index contributed by atoms with van der Waals surface area (Å²) < 4.78 is 25.6. The van der Waals surface area contributed by atoms with E-state index in [2.05, 4.69) is 10.6 Å². The number of aliphatic carboxylic acids is 2. The molecule has 1 heterocycles. The number of nitrogens with zero attached hydrogens (tertiary/aromatic N) is 1. The highest BCUT2D eigenvalue weighted by Crippen LogP contribution is 2.29. The molecule has 0 spiro atoms. The second-order valence-electron chi connectivity index (χ2n) is 7.10. The number of carboxylic acid groups (broad SMARTS) is 2. The molecule has 1 aliphatic rings. The number of carboxylic acids is 2. The van der Waals surface area contributed by atoms with Gasteiger partial charge < -0.3 is 20.8 Å². The van der Waals surface area contributed by atoms with Crippen LogP contribution in [0.3, 0.4) is 0 Å². The maximum absolute atomic E-state index is 12.5. The molecule has 0 fully saturated rings. The van der Waals surface area contributed by atoms with Gasteiger partial charge in [-0.1, -0.05) is 12.1 Å². The van der Waals surface area contributed by atoms with E-state index < -0.39 is 58.2 Å². The molecule has 4 N–H and O–H groups in total. The van der Waals surface area contributed by atoms with Crippen LogP contribution in [-0.4, -0.2) is 71.2 Å². The van der Waals surface area contributed by atoms with Gasteiger partial charge in [-0.15, -0.1) is 0 Å². The molecule has 174 valence electrons. The van der Waals surface area contributed by atoms with Gasteiger partial charge in [0.05, 0.1) is 5.56 Å². The number of amides is 3. The SMILES string of the molecule is C[C@H](NC(=O)CCCN1C(=O)c2ccccc2S1(=O)=O)C(=O)N[C@H](CCC(=O)O)C(=O)O. The van der Waals surface area contributed by atoms with Crippen LogP contribution in [0.2, 0.25) is 0 Å². The Hall–Kier alpha value is -3.48. The van der Waals surface area contributed by atoms with Crippen molar-refractivity contribution >= 4 is 39.7 Å². The van der Waals surface area contributed by atoms with E-state index in [1.54, 1.807) is 6.07 Å². The minimum Gasteiger partial charge on any atom is -0.481 e. The smallest absolute Gasteiger partial charge is 0.326 e. The summed E-state index contributed by atoms with van der Waals surface area (Å²) in [7, 11) is -3.97. The number of benzene rings is 1. The Labute approximate surface area is 183 Å². The van der Waals surface area contributed by atoms with Crippen molar-refractivity contribution in [2.75, 3.05) is 6.54 Å². The molecule has 2 rings (SSSR count). The Morgan fingerprint density at radius 2 is 1.72 bits per heavy atom. The molecule has 1 aliphatic heterocycles. The van der Waals surface area contributed by atoms with Crippen molar-refractivity contribution in [2.45, 2.75) is 49.6 Å². The number of rotatable bonds is 11. The molecular weight excluding hydrogens is 446 g/mol. The monoisotopic (exact) mass is 469 g/mol. The first-order valence-electron chi connectivity index (χ1n) is 9.65. The quantitative estimate of drug-likeness (QED) is 0.333. The number of sulfonamides is 1. The summed E-state index contributed by atoms with van der Waals surface area (Å²) in [6.07, 6.45) is -0.956. The summed E-state index contributed by atoms with van der Waals surface area (Å²) in [6.45, 7) is 1.09. The van der Waals surface area contributed by atoms with Crippen LogP contribution < -0.4 is 10.6 Å². The predicted octanol–water partition coefficient (Wildman–Crippen LogP) is -0.450. The second-order valence-corrected chi connectivity index (χ2v) is 8.93. The normalized spacial score (nSPS) is 16.0. The summed E-state index contributed by atoms with van der Waals surface area (Å²) >= 11 is 0. The molecule has 0 saturated carbocycles. The van der Waals surface area contributed by atoms with Crippen molar-refractivity contribution in [3.8, 4) is 0 Å². The number of carbonyl (C=O) groups is 5. The zero-order valence-corrected chi connectivity index (χ0v) is 17.9. The maximum atomic E-state index is 12.5. The van der Waals surface area contributed by atoms with Crippen molar-refractivity contribution in [3.63, 3.8) is 0 Å². The molecule has 0 radical (unpaired) electrons. The number of carbonyl (C=O) groups excluding carboxylic acids is 3. The molecule has 0 bridgehead atoms. The van der Waals surface area contributed by atoms with Crippen LogP contribution in [0.4, 0.5) is 0 Å². The van der Waals surface area contributed by atoms with E-state index in [-0.39, 0.29) is 36.3 Å². The molecule has 2 atom stereocenters. The van der Waals surface area contributed by atoms with E-state index in [9.17, 15) is 32.4 Å². The van der Waals surface area contributed by atoms with Crippen LogP contribution in [-0.2, 0) is 29.2 Å². The van der Waals surface area contributed by atoms with Crippen molar-refractivity contribution in [2.24, 2.45) is 0 Å². The molecule has 13 heteroatoms. The molecular formula is C19H23N3O9S. The van der Waals surface area contributed by atoms with Gasteiger partial charge in [0.15, 0.2) is 0 Å². The summed E-state index contributed by atoms with van der Waals surface area (Å²) in [5.41, 5.74) is 0.0677. The number of nitrogens with one attached hydrogen (secondary N) is 2. The average molecular weight is 469 g/mol. The second kappa shape index (κ2) is 10.2. The van der Waals surface area contributed by atoms with E-state index in [4.69, 9.17) is 10.2 Å². The fourth-order valence-electron chi connectivity index (χ4n) is 3.04. The van der Waals surface area contributed by atoms with Gasteiger partial charge in [0.25, 0.3) is 15.9 Å². The molecule has 0 aromatic heterocycles. The zero-order valence-electron chi connectivity index (χ0n) is 17.1. The number of hydrogen-bond donors (Lipinski definition) is 4. The lowest BCUT2D eigenvalue weighted by molar-refractivity contribution is -0.143. The van der Waals surface area contributed by atoms with Crippen molar-refractivity contribution in [1.29, 1.82) is 0 Å². The lowest BCUT2D eigenvalue weighted by Crippen LogP contribution is -2.50. The van der Waals surface area contributed by atoms with Gasteiger partial charge in [0.2, 0.25) is 11.8 Å². The minimum atomic E-state index is -3.97. The summed E-state index contributed by atoms with van der Waals surface area (Å²) in [5, 5.41) is 22.2. The molecule has 3 amide bonds. The van der Waals surface area contributed by atoms with Crippen LogP contribution in [0.15, 0.2) is 29.2 Å². The summed E-state index contributed by atoms with van der Waals surface area (Å²) in [6, 6.07) is 3.25. The van der Waals surface area contributed by atoms with Gasteiger partial charge in [-0.25, -0.2) is 17.5 Å². The third-order valence-electron chi connectivity index (χ3n) is 4.71. The summed E-state index contributed by atoms with van der Waals surface area (Å²) in [4.78, 5) is 58.2. The topological polar surface area (TPSA) is 187 Å². The fraction of sp³-hybridized carbons (Fsp3) is 0.421. The van der Waals surface area contributed by atoms with E-state index in [1.807, 2.05) is 0 Å². The maximum Gasteiger partial charge on any atom is 0.326 e. The lowest BCUT2D eigenvalue weighted by atomic mass is 10.1. The largest absolute Gasteiger partial charge is 0.481 e. The number of fused-ring (bicyclic) bond motifs is 1. The molecule has 0 unspecified atom stereocenters. The Kier molecular flexibility index (Phi) is 7.92. The van der Waals surface area contributed by atoms with Crippen LogP contribution in [0, 0.1) is 0 Å². The predicted molar refractivity (Wildman–Crippen MR) is 108 cm³/mol. The molecule has 0 aliphatic carbocycles. The Morgan fingerprint density at radius 3 is 2.31 bits per heavy atom. The Morgan fingerprint density at radius 1 is 1.06 bits per heavy atom. The standard InChI is InChI=1S/C19H23N3O9S/c1-11(17(26)21-13(19(28)29)8-9-16(24)25)20-15(23)7-4-10-22-18(27)12-5-2-3-6-14(12)32(22,30)31/h2-3,5-6,11,13H,4,7-10H2,1H3,(H,20,23)(H,21,26)(H,24,25)(H,28,29)/t11-,13+/m0/s1. The van der Waals surface area contributed by atoms with Gasteiger partial charge in [-0.05, 0) is 31.9 Å². The van der Waals surface area contributed by atoms with Crippen LogP contribution in [0.1, 0.15) is 43.0 Å². The van der Waals surface area contributed by atoms with Crippen molar-refractivity contribution in [1.82, 2.24) is 14.9 Å². The highest BCUT2D eigenvalue weighted by Gasteiger charge is 2.40. The van der Waals surface area contributed by atoms with Crippen LogP contribution in [0.25, 0.3) is 0 Å². The molecule has 1 aromatic rings. The fourth-order valence-corrected chi connectivity index (χ4v) is 4.64. The van der Waals surface area contributed by atoms with Gasteiger partial charge in [0.1, 0.15) is 17.0 Å². The molecule has 12 nitrogen and oxygen atoms in total. The molecule has 1 aromatic carbocycles. The Bertz CT molecular complexity index is 1040. The minimum absolute atomic E-state index is 0.00942. The van der Waals surface area contributed by atoms with Crippen molar-refractivity contribution < 1.29 is 42.6 Å². The Balaban J connectivity index is 1.84. The van der Waals surface area contributed by atoms with Gasteiger partial charge in [-0.2, -0.15) is 0 Å². The van der Waals surface area contributed by atoms with Crippen LogP contribution in [0.5, 0.6) is 0 Å². The van der Waals surface area contributed by atoms with Crippen LogP contribution >= 0.6 is 0 Å². The first kappa shape index (κ1) is 24.8. The number of hydrogen-bond acceptors (Lipinski definition) is 7. The first-order chi connectivity index (χ1) is 14.9. The highest BCUT2D eigenvalue weighted by molar-refractivity contribution is 7.90. The van der Waals surface area contributed by atoms with Gasteiger partial charge in [0, 0.05) is 19.4 Å². The van der Waals surface area contributed by atoms with E-state index in [0.29, 0.717) is 4.31 Å². The average Bonchev–Trinajstić information content (AvgIpc) is 2.91. The summed E-state index contributed by atoms with van der Waals surface area (Å²) in [5.74, 6) is -4.71. The third-order valence-corrected chi connectivity index (χ3v) is 6.55. The lowest BCUT2D eigenvalue weighted by Gasteiger charge is -2.19. The third kappa shape index (κ3) is 5.81. The zero-order chi connectivity index (χ0) is 24.1. The van der Waals surface area contributed by atoms with Gasteiger partial charge >= 0.3 is 11.9 Å². The van der Waals surface area contributed by atoms with Gasteiger partial charge in [-0.3, -0.25) is 19.2 Å². The van der Waals surface area contributed by atoms with E-state index in [0.717, 1.165) is 0 Å². The van der Waals surface area contributed by atoms with E-state index >= 15 is 0 Å². The highest BCUT2D eigenvalue weighted by atomic mass is 32.2. The van der Waals surface area contributed by atoms with Crippen molar-refractivity contribution in [3.05, 3.63) is 29.8 Å². The first-order valence-corrected chi connectivity index (χ1v) is 11.1. The molecule has 0 saturated heterocycles. The van der Waals surface area contributed by atoms with E-state index in [1.165, 1.54) is 25.1 Å².